The molecule has 21 heavy (non-hydrogen) atoms. The van der Waals surface area contributed by atoms with Gasteiger partial charge in [0.1, 0.15) is 0 Å². The first kappa shape index (κ1) is 17.5. The molecule has 0 radical (unpaired) electrons. The highest BCUT2D eigenvalue weighted by atomic mass is 16.1. The Kier molecular flexibility index (Phi) is 6.66. The number of carbonyl (C=O) groups is 1. The fourth-order valence-corrected chi connectivity index (χ4v) is 2.30. The van der Waals surface area contributed by atoms with Gasteiger partial charge in [0.25, 0.3) is 5.91 Å². The maximum absolute atomic E-state index is 12.3. The van der Waals surface area contributed by atoms with Crippen molar-refractivity contribution in [2.75, 3.05) is 18.9 Å². The predicted molar refractivity (Wildman–Crippen MR) is 88.8 cm³/mol. The smallest absolute Gasteiger partial charge is 0.254 e. The second-order valence-electron chi connectivity index (χ2n) is 6.43. The number of unbranched alkanes of at least 4 members (excludes halogenated alkanes) is 2. The number of pyridine rings is 1. The normalized spacial score (nSPS) is 11.3. The van der Waals surface area contributed by atoms with Crippen molar-refractivity contribution in [3.63, 3.8) is 0 Å². The zero-order valence-corrected chi connectivity index (χ0v) is 14.0. The highest BCUT2D eigenvalue weighted by molar-refractivity contribution is 5.99. The predicted octanol–water partition coefficient (Wildman–Crippen LogP) is 3.77. The lowest BCUT2D eigenvalue weighted by Crippen LogP contribution is -2.34. The van der Waals surface area contributed by atoms with Gasteiger partial charge in [-0.2, -0.15) is 0 Å². The first-order chi connectivity index (χ1) is 9.89. The average Bonchev–Trinajstić information content (AvgIpc) is 2.45. The Morgan fingerprint density at radius 3 is 2.67 bits per heavy atom. The van der Waals surface area contributed by atoms with Gasteiger partial charge in [0.05, 0.1) is 11.3 Å². The van der Waals surface area contributed by atoms with E-state index in [1.54, 1.807) is 6.20 Å². The number of amides is 1. The number of aromatic nitrogens is 1. The molecule has 0 aliphatic heterocycles. The first-order valence-electron chi connectivity index (χ1n) is 7.82. The molecule has 118 valence electrons. The van der Waals surface area contributed by atoms with Gasteiger partial charge in [0.2, 0.25) is 0 Å². The second kappa shape index (κ2) is 8.01. The average molecular weight is 291 g/mol. The minimum atomic E-state index is -0.0598. The van der Waals surface area contributed by atoms with E-state index in [0.29, 0.717) is 12.1 Å². The minimum absolute atomic E-state index is 0.0598. The first-order valence-corrected chi connectivity index (χ1v) is 7.82. The Morgan fingerprint density at radius 1 is 1.33 bits per heavy atom. The van der Waals surface area contributed by atoms with Crippen LogP contribution in [0.2, 0.25) is 0 Å². The van der Waals surface area contributed by atoms with Crippen LogP contribution in [-0.2, 0) is 0 Å². The maximum atomic E-state index is 12.3. The molecule has 0 fully saturated rings. The van der Waals surface area contributed by atoms with Crippen LogP contribution >= 0.6 is 0 Å². The highest BCUT2D eigenvalue weighted by Crippen LogP contribution is 2.23. The van der Waals surface area contributed by atoms with Gasteiger partial charge in [0, 0.05) is 25.5 Å². The van der Waals surface area contributed by atoms with E-state index in [4.69, 9.17) is 0 Å². The number of hydrogen-bond acceptors (Lipinski definition) is 3. The van der Waals surface area contributed by atoms with E-state index in [1.165, 1.54) is 19.3 Å². The summed E-state index contributed by atoms with van der Waals surface area (Å²) in [5.74, 6) is -0.0598. The van der Waals surface area contributed by atoms with Crippen molar-refractivity contribution in [2.24, 2.45) is 5.41 Å². The van der Waals surface area contributed by atoms with Gasteiger partial charge < -0.3 is 10.6 Å². The Balaban J connectivity index is 2.61. The summed E-state index contributed by atoms with van der Waals surface area (Å²) in [7, 11) is 1.82. The molecule has 0 saturated carbocycles. The molecule has 0 unspecified atom stereocenters. The van der Waals surface area contributed by atoms with Crippen molar-refractivity contribution < 1.29 is 4.79 Å². The van der Waals surface area contributed by atoms with Crippen LogP contribution in [0, 0.1) is 12.3 Å². The summed E-state index contributed by atoms with van der Waals surface area (Å²) >= 11 is 0. The third-order valence-electron chi connectivity index (χ3n) is 3.74. The van der Waals surface area contributed by atoms with Gasteiger partial charge in [0.15, 0.2) is 0 Å². The SMILES string of the molecule is CCCCCC(C)(C)CNC(=O)c1cnc(C)cc1NC. The molecule has 4 heteroatoms. The summed E-state index contributed by atoms with van der Waals surface area (Å²) in [5.41, 5.74) is 2.45. The molecule has 0 bridgehead atoms. The summed E-state index contributed by atoms with van der Waals surface area (Å²) in [5, 5.41) is 6.10. The summed E-state index contributed by atoms with van der Waals surface area (Å²) in [4.78, 5) is 16.5. The molecule has 1 aromatic rings. The van der Waals surface area contributed by atoms with Crippen molar-refractivity contribution >= 4 is 11.6 Å². The molecule has 1 aromatic heterocycles. The van der Waals surface area contributed by atoms with Gasteiger partial charge in [-0.3, -0.25) is 9.78 Å². The number of aryl methyl sites for hydroxylation is 1. The third-order valence-corrected chi connectivity index (χ3v) is 3.74. The molecular weight excluding hydrogens is 262 g/mol. The fourth-order valence-electron chi connectivity index (χ4n) is 2.30. The molecule has 4 nitrogen and oxygen atoms in total. The van der Waals surface area contributed by atoms with E-state index < -0.39 is 0 Å². The van der Waals surface area contributed by atoms with Gasteiger partial charge in [-0.25, -0.2) is 0 Å². The number of carbonyl (C=O) groups excluding carboxylic acids is 1. The Morgan fingerprint density at radius 2 is 2.05 bits per heavy atom. The zero-order valence-electron chi connectivity index (χ0n) is 14.0. The van der Waals surface area contributed by atoms with E-state index in [2.05, 4.69) is 36.4 Å². The fraction of sp³-hybridized carbons (Fsp3) is 0.647. The van der Waals surface area contributed by atoms with Crippen molar-refractivity contribution in [1.29, 1.82) is 0 Å². The van der Waals surface area contributed by atoms with E-state index in [-0.39, 0.29) is 11.3 Å². The molecule has 0 aliphatic rings. The Bertz CT molecular complexity index is 469. The molecule has 1 amide bonds. The molecule has 1 rings (SSSR count). The number of rotatable bonds is 8. The number of nitrogens with zero attached hydrogens (tertiary/aromatic N) is 1. The van der Waals surface area contributed by atoms with Gasteiger partial charge in [-0.1, -0.05) is 40.0 Å². The van der Waals surface area contributed by atoms with Crippen LogP contribution in [0.5, 0.6) is 0 Å². The lowest BCUT2D eigenvalue weighted by Gasteiger charge is -2.25. The van der Waals surface area contributed by atoms with Crippen LogP contribution in [0.15, 0.2) is 12.3 Å². The summed E-state index contributed by atoms with van der Waals surface area (Å²) in [6.07, 6.45) is 6.46. The van der Waals surface area contributed by atoms with Gasteiger partial charge in [-0.15, -0.1) is 0 Å². The van der Waals surface area contributed by atoms with Crippen LogP contribution in [0.1, 0.15) is 62.5 Å². The molecule has 0 spiro atoms. The maximum Gasteiger partial charge on any atom is 0.254 e. The van der Waals surface area contributed by atoms with Crippen molar-refractivity contribution in [3.8, 4) is 0 Å². The van der Waals surface area contributed by atoms with E-state index in [0.717, 1.165) is 17.8 Å². The van der Waals surface area contributed by atoms with Crippen molar-refractivity contribution in [2.45, 2.75) is 53.4 Å². The number of nitrogens with one attached hydrogen (secondary N) is 2. The standard InChI is InChI=1S/C17H29N3O/c1-6-7-8-9-17(3,4)12-20-16(21)14-11-19-13(2)10-15(14)18-5/h10-11H,6-9,12H2,1-5H3,(H,18,19)(H,20,21). The van der Waals surface area contributed by atoms with E-state index in [9.17, 15) is 4.79 Å². The lowest BCUT2D eigenvalue weighted by atomic mass is 9.87. The van der Waals surface area contributed by atoms with Crippen LogP contribution in [0.3, 0.4) is 0 Å². The van der Waals surface area contributed by atoms with E-state index >= 15 is 0 Å². The monoisotopic (exact) mass is 291 g/mol. The largest absolute Gasteiger partial charge is 0.387 e. The molecule has 0 aromatic carbocycles. The second-order valence-corrected chi connectivity index (χ2v) is 6.43. The third kappa shape index (κ3) is 5.74. The Hall–Kier alpha value is -1.58. The molecule has 2 N–H and O–H groups in total. The molecule has 0 atom stereocenters. The van der Waals surface area contributed by atoms with Crippen LogP contribution < -0.4 is 10.6 Å². The molecular formula is C17H29N3O. The summed E-state index contributed by atoms with van der Waals surface area (Å²) in [6.45, 7) is 9.22. The molecule has 1 heterocycles. The number of hydrogen-bond donors (Lipinski definition) is 2. The molecule has 0 saturated heterocycles. The number of anilines is 1. The minimum Gasteiger partial charge on any atom is -0.387 e. The van der Waals surface area contributed by atoms with Crippen LogP contribution in [-0.4, -0.2) is 24.5 Å². The topological polar surface area (TPSA) is 54.0 Å². The van der Waals surface area contributed by atoms with E-state index in [1.807, 2.05) is 20.0 Å². The lowest BCUT2D eigenvalue weighted by molar-refractivity contribution is 0.0934. The van der Waals surface area contributed by atoms with Crippen molar-refractivity contribution in [1.82, 2.24) is 10.3 Å². The molecule has 0 aliphatic carbocycles. The van der Waals surface area contributed by atoms with Crippen LogP contribution in [0.25, 0.3) is 0 Å². The summed E-state index contributed by atoms with van der Waals surface area (Å²) in [6, 6.07) is 1.89. The van der Waals surface area contributed by atoms with Gasteiger partial charge >= 0.3 is 0 Å². The Labute approximate surface area is 128 Å². The van der Waals surface area contributed by atoms with Gasteiger partial charge in [-0.05, 0) is 24.8 Å². The zero-order chi connectivity index (χ0) is 15.9. The van der Waals surface area contributed by atoms with Crippen LogP contribution in [0.4, 0.5) is 5.69 Å². The van der Waals surface area contributed by atoms with Crippen molar-refractivity contribution in [3.05, 3.63) is 23.5 Å². The highest BCUT2D eigenvalue weighted by Gasteiger charge is 2.20. The summed E-state index contributed by atoms with van der Waals surface area (Å²) < 4.78 is 0. The quantitative estimate of drug-likeness (QED) is 0.717.